The maximum absolute atomic E-state index is 11.9. The molecule has 2 rings (SSSR count). The molecule has 0 radical (unpaired) electrons. The lowest BCUT2D eigenvalue weighted by Crippen LogP contribution is -2.51. The van der Waals surface area contributed by atoms with Crippen LogP contribution in [0.4, 0.5) is 0 Å². The molecule has 0 amide bonds. The van der Waals surface area contributed by atoms with E-state index in [0.29, 0.717) is 11.5 Å². The summed E-state index contributed by atoms with van der Waals surface area (Å²) in [6.07, 6.45) is -2.33. The number of carbonyl (C=O) groups is 2. The lowest BCUT2D eigenvalue weighted by molar-refractivity contribution is -0.171. The van der Waals surface area contributed by atoms with Crippen molar-refractivity contribution in [2.24, 2.45) is 0 Å². The van der Waals surface area contributed by atoms with Crippen LogP contribution in [0.1, 0.15) is 13.8 Å². The summed E-state index contributed by atoms with van der Waals surface area (Å²) in [5.41, 5.74) is 0. The molecule has 0 aliphatic carbocycles. The van der Waals surface area contributed by atoms with Gasteiger partial charge in [-0.1, -0.05) is 12.1 Å². The van der Waals surface area contributed by atoms with Crippen molar-refractivity contribution in [3.63, 3.8) is 0 Å². The van der Waals surface area contributed by atoms with Gasteiger partial charge in [0.2, 0.25) is 12.2 Å². The van der Waals surface area contributed by atoms with Crippen molar-refractivity contribution in [3.8, 4) is 11.5 Å². The highest BCUT2D eigenvalue weighted by Crippen LogP contribution is 2.34. The quantitative estimate of drug-likeness (QED) is 0.775. The van der Waals surface area contributed by atoms with Crippen LogP contribution in [0.25, 0.3) is 0 Å². The molecule has 1 aromatic carbocycles. The highest BCUT2D eigenvalue weighted by atomic mass is 16.6. The first-order valence-electron chi connectivity index (χ1n) is 6.43. The fourth-order valence-corrected chi connectivity index (χ4v) is 1.83. The lowest BCUT2D eigenvalue weighted by Gasteiger charge is -2.30. The van der Waals surface area contributed by atoms with Crippen molar-refractivity contribution in [3.05, 3.63) is 24.3 Å². The summed E-state index contributed by atoms with van der Waals surface area (Å²) in [6, 6.07) is 6.80. The van der Waals surface area contributed by atoms with Crippen LogP contribution in [0.15, 0.2) is 24.3 Å². The first-order chi connectivity index (χ1) is 9.67. The second-order valence-corrected chi connectivity index (χ2v) is 4.03. The normalized spacial score (nSPS) is 20.1. The van der Waals surface area contributed by atoms with Gasteiger partial charge < -0.3 is 18.9 Å². The molecular weight excluding hydrogens is 264 g/mol. The summed E-state index contributed by atoms with van der Waals surface area (Å²) in [7, 11) is 0. The van der Waals surface area contributed by atoms with Gasteiger partial charge in [0.25, 0.3) is 0 Å². The van der Waals surface area contributed by atoms with E-state index in [1.54, 1.807) is 38.1 Å². The fourth-order valence-electron chi connectivity index (χ4n) is 1.83. The first kappa shape index (κ1) is 14.2. The van der Waals surface area contributed by atoms with Crippen LogP contribution in [0.2, 0.25) is 0 Å². The van der Waals surface area contributed by atoms with Crippen LogP contribution in [-0.4, -0.2) is 37.4 Å². The van der Waals surface area contributed by atoms with Gasteiger partial charge in [-0.3, -0.25) is 0 Å². The van der Waals surface area contributed by atoms with Crippen molar-refractivity contribution >= 4 is 11.9 Å². The third-order valence-electron chi connectivity index (χ3n) is 2.67. The Labute approximate surface area is 116 Å². The minimum atomic E-state index is -1.16. The van der Waals surface area contributed by atoms with Gasteiger partial charge in [0.15, 0.2) is 11.5 Å². The summed E-state index contributed by atoms with van der Waals surface area (Å²) in [5, 5.41) is 0. The molecule has 2 atom stereocenters. The maximum Gasteiger partial charge on any atom is 0.351 e. The number of ether oxygens (including phenoxy) is 4. The Hall–Kier alpha value is -2.24. The average Bonchev–Trinajstić information content (AvgIpc) is 2.46. The molecule has 0 N–H and O–H groups in total. The summed E-state index contributed by atoms with van der Waals surface area (Å²) in [6.45, 7) is 3.73. The Morgan fingerprint density at radius 3 is 1.70 bits per heavy atom. The van der Waals surface area contributed by atoms with Crippen LogP contribution in [-0.2, 0) is 19.1 Å². The Kier molecular flexibility index (Phi) is 4.45. The predicted octanol–water partition coefficient (Wildman–Crippen LogP) is 1.32. The van der Waals surface area contributed by atoms with E-state index >= 15 is 0 Å². The Bertz CT molecular complexity index is 453. The molecule has 0 fully saturated rings. The number of hydrogen-bond acceptors (Lipinski definition) is 6. The third kappa shape index (κ3) is 2.84. The predicted molar refractivity (Wildman–Crippen MR) is 68.5 cm³/mol. The number of rotatable bonds is 4. The SMILES string of the molecule is CCOC(=O)C1Oc2ccccc2OC1C(=O)OCC. The molecule has 1 aliphatic rings. The molecule has 0 spiro atoms. The van der Waals surface area contributed by atoms with Gasteiger partial charge in [-0.2, -0.15) is 0 Å². The van der Waals surface area contributed by atoms with E-state index < -0.39 is 24.1 Å². The number of para-hydroxylation sites is 2. The molecule has 6 nitrogen and oxygen atoms in total. The zero-order valence-electron chi connectivity index (χ0n) is 11.3. The fraction of sp³-hybridized carbons (Fsp3) is 0.429. The van der Waals surface area contributed by atoms with Crippen LogP contribution in [0.5, 0.6) is 11.5 Å². The maximum atomic E-state index is 11.9. The van der Waals surface area contributed by atoms with Crippen molar-refractivity contribution in [1.29, 1.82) is 0 Å². The van der Waals surface area contributed by atoms with Crippen molar-refractivity contribution in [2.75, 3.05) is 13.2 Å². The van der Waals surface area contributed by atoms with Crippen molar-refractivity contribution < 1.29 is 28.5 Å². The standard InChI is InChI=1S/C14H16O6/c1-3-17-13(15)11-12(14(16)18-4-2)20-10-8-6-5-7-9(10)19-11/h5-8,11-12H,3-4H2,1-2H3. The van der Waals surface area contributed by atoms with Gasteiger partial charge in [-0.15, -0.1) is 0 Å². The third-order valence-corrected chi connectivity index (χ3v) is 2.67. The lowest BCUT2D eigenvalue weighted by atomic mass is 10.1. The Balaban J connectivity index is 2.26. The van der Waals surface area contributed by atoms with E-state index in [0.717, 1.165) is 0 Å². The van der Waals surface area contributed by atoms with E-state index in [4.69, 9.17) is 18.9 Å². The van der Waals surface area contributed by atoms with Crippen LogP contribution in [0, 0.1) is 0 Å². The van der Waals surface area contributed by atoms with Crippen LogP contribution < -0.4 is 9.47 Å². The highest BCUT2D eigenvalue weighted by Gasteiger charge is 2.43. The molecule has 6 heteroatoms. The average molecular weight is 280 g/mol. The molecule has 1 aliphatic heterocycles. The first-order valence-corrected chi connectivity index (χ1v) is 6.43. The van der Waals surface area contributed by atoms with E-state index in [2.05, 4.69) is 0 Å². The molecule has 1 aromatic rings. The number of benzene rings is 1. The molecule has 1 heterocycles. The second-order valence-electron chi connectivity index (χ2n) is 4.03. The number of hydrogen-bond donors (Lipinski definition) is 0. The largest absolute Gasteiger partial charge is 0.470 e. The Morgan fingerprint density at radius 1 is 0.950 bits per heavy atom. The zero-order valence-corrected chi connectivity index (χ0v) is 11.3. The highest BCUT2D eigenvalue weighted by molar-refractivity contribution is 5.87. The molecule has 2 unspecified atom stereocenters. The molecule has 0 saturated heterocycles. The van der Waals surface area contributed by atoms with Gasteiger partial charge >= 0.3 is 11.9 Å². The van der Waals surface area contributed by atoms with Gasteiger partial charge in [-0.25, -0.2) is 9.59 Å². The smallest absolute Gasteiger partial charge is 0.351 e. The van der Waals surface area contributed by atoms with Gasteiger partial charge in [0, 0.05) is 0 Å². The minimum absolute atomic E-state index is 0.190. The molecule has 0 aromatic heterocycles. The van der Waals surface area contributed by atoms with Crippen LogP contribution in [0.3, 0.4) is 0 Å². The van der Waals surface area contributed by atoms with E-state index in [-0.39, 0.29) is 13.2 Å². The summed E-state index contributed by atoms with van der Waals surface area (Å²) in [5.74, 6) is -0.516. The molecule has 0 saturated carbocycles. The second kappa shape index (κ2) is 6.27. The number of carbonyl (C=O) groups excluding carboxylic acids is 2. The van der Waals surface area contributed by atoms with Crippen molar-refractivity contribution in [1.82, 2.24) is 0 Å². The van der Waals surface area contributed by atoms with Gasteiger partial charge in [0.05, 0.1) is 13.2 Å². The van der Waals surface area contributed by atoms with E-state index in [1.807, 2.05) is 0 Å². The molecular formula is C14H16O6. The zero-order chi connectivity index (χ0) is 14.5. The molecule has 20 heavy (non-hydrogen) atoms. The number of fused-ring (bicyclic) bond motifs is 1. The van der Waals surface area contributed by atoms with Gasteiger partial charge in [0.1, 0.15) is 0 Å². The minimum Gasteiger partial charge on any atom is -0.470 e. The van der Waals surface area contributed by atoms with E-state index in [9.17, 15) is 9.59 Å². The van der Waals surface area contributed by atoms with Gasteiger partial charge in [-0.05, 0) is 26.0 Å². The number of esters is 2. The Morgan fingerprint density at radius 2 is 1.35 bits per heavy atom. The van der Waals surface area contributed by atoms with Crippen LogP contribution >= 0.6 is 0 Å². The monoisotopic (exact) mass is 280 g/mol. The van der Waals surface area contributed by atoms with Crippen molar-refractivity contribution in [2.45, 2.75) is 26.1 Å². The molecule has 0 bridgehead atoms. The summed E-state index contributed by atoms with van der Waals surface area (Å²) < 4.78 is 20.9. The topological polar surface area (TPSA) is 71.1 Å². The molecule has 108 valence electrons. The summed E-state index contributed by atoms with van der Waals surface area (Å²) in [4.78, 5) is 23.8. The summed E-state index contributed by atoms with van der Waals surface area (Å²) >= 11 is 0. The van der Waals surface area contributed by atoms with E-state index in [1.165, 1.54) is 0 Å².